The standard InChI is InChI=1S/C15H19NO3S2/c1-10(2)12-4-6-13(7-5-12)16-21(18,19)15-11(3)9-20-14(15)8-17/h4-7,9-10,16-17H,8H2,1-3H3. The molecule has 6 heteroatoms. The highest BCUT2D eigenvalue weighted by Gasteiger charge is 2.22. The van der Waals surface area contributed by atoms with E-state index in [9.17, 15) is 13.5 Å². The van der Waals surface area contributed by atoms with Crippen molar-refractivity contribution in [3.8, 4) is 0 Å². The van der Waals surface area contributed by atoms with E-state index in [1.165, 1.54) is 11.3 Å². The zero-order chi connectivity index (χ0) is 15.6. The minimum Gasteiger partial charge on any atom is -0.391 e. The van der Waals surface area contributed by atoms with E-state index in [-0.39, 0.29) is 11.5 Å². The van der Waals surface area contributed by atoms with E-state index in [0.29, 0.717) is 22.0 Å². The number of anilines is 1. The predicted molar refractivity (Wildman–Crippen MR) is 86.3 cm³/mol. The lowest BCUT2D eigenvalue weighted by atomic mass is 10.0. The molecule has 2 rings (SSSR count). The number of rotatable bonds is 5. The topological polar surface area (TPSA) is 66.4 Å². The van der Waals surface area contributed by atoms with E-state index in [0.717, 1.165) is 5.56 Å². The molecule has 2 N–H and O–H groups in total. The van der Waals surface area contributed by atoms with E-state index in [1.54, 1.807) is 24.4 Å². The third-order valence-electron chi connectivity index (χ3n) is 3.23. The second kappa shape index (κ2) is 6.17. The molecule has 0 aliphatic rings. The minimum atomic E-state index is -3.68. The van der Waals surface area contributed by atoms with Gasteiger partial charge in [0.15, 0.2) is 0 Å². The van der Waals surface area contributed by atoms with Gasteiger partial charge >= 0.3 is 0 Å². The first kappa shape index (κ1) is 16.0. The molecule has 0 bridgehead atoms. The lowest BCUT2D eigenvalue weighted by Gasteiger charge is -2.11. The van der Waals surface area contributed by atoms with Crippen molar-refractivity contribution in [3.05, 3.63) is 45.6 Å². The highest BCUT2D eigenvalue weighted by Crippen LogP contribution is 2.29. The molecule has 0 atom stereocenters. The van der Waals surface area contributed by atoms with Crippen LogP contribution in [0, 0.1) is 6.92 Å². The maximum atomic E-state index is 12.5. The molecule has 0 amide bonds. The van der Waals surface area contributed by atoms with E-state index in [4.69, 9.17) is 0 Å². The number of nitrogens with one attached hydrogen (secondary N) is 1. The quantitative estimate of drug-likeness (QED) is 0.884. The molecule has 0 radical (unpaired) electrons. The van der Waals surface area contributed by atoms with Gasteiger partial charge < -0.3 is 5.11 Å². The molecule has 1 aromatic heterocycles. The Morgan fingerprint density at radius 3 is 2.38 bits per heavy atom. The van der Waals surface area contributed by atoms with Crippen molar-refractivity contribution in [1.82, 2.24) is 0 Å². The van der Waals surface area contributed by atoms with Crippen molar-refractivity contribution in [1.29, 1.82) is 0 Å². The Morgan fingerprint density at radius 1 is 1.24 bits per heavy atom. The number of benzene rings is 1. The summed E-state index contributed by atoms with van der Waals surface area (Å²) in [6.07, 6.45) is 0. The van der Waals surface area contributed by atoms with Crippen molar-refractivity contribution in [2.75, 3.05) is 4.72 Å². The van der Waals surface area contributed by atoms with Gasteiger partial charge in [0, 0.05) is 5.69 Å². The van der Waals surface area contributed by atoms with Crippen LogP contribution in [0.3, 0.4) is 0 Å². The number of hydrogen-bond acceptors (Lipinski definition) is 4. The number of thiophene rings is 1. The van der Waals surface area contributed by atoms with Crippen LogP contribution in [-0.2, 0) is 16.6 Å². The predicted octanol–water partition coefficient (Wildman–Crippen LogP) is 3.47. The smallest absolute Gasteiger partial charge is 0.263 e. The molecule has 0 saturated heterocycles. The summed E-state index contributed by atoms with van der Waals surface area (Å²) in [6.45, 7) is 5.62. The van der Waals surface area contributed by atoms with E-state index >= 15 is 0 Å². The number of sulfonamides is 1. The second-order valence-electron chi connectivity index (χ2n) is 5.21. The van der Waals surface area contributed by atoms with Crippen LogP contribution in [-0.4, -0.2) is 13.5 Å². The SMILES string of the molecule is Cc1csc(CO)c1S(=O)(=O)Nc1ccc(C(C)C)cc1. The molecule has 0 aliphatic carbocycles. The lowest BCUT2D eigenvalue weighted by Crippen LogP contribution is -2.15. The molecule has 0 saturated carbocycles. The van der Waals surface area contributed by atoms with Crippen molar-refractivity contribution in [2.45, 2.75) is 38.2 Å². The van der Waals surface area contributed by atoms with Gasteiger partial charge in [-0.15, -0.1) is 11.3 Å². The Morgan fingerprint density at radius 2 is 1.86 bits per heavy atom. The minimum absolute atomic E-state index is 0.183. The third-order valence-corrected chi connectivity index (χ3v) is 6.06. The van der Waals surface area contributed by atoms with Crippen LogP contribution in [0.15, 0.2) is 34.5 Å². The fourth-order valence-electron chi connectivity index (χ4n) is 2.10. The van der Waals surface area contributed by atoms with Gasteiger partial charge in [-0.3, -0.25) is 4.72 Å². The van der Waals surface area contributed by atoms with Gasteiger partial charge in [-0.25, -0.2) is 8.42 Å². The summed E-state index contributed by atoms with van der Waals surface area (Å²) in [4.78, 5) is 0.640. The second-order valence-corrected chi connectivity index (χ2v) is 7.79. The van der Waals surface area contributed by atoms with Gasteiger partial charge in [-0.1, -0.05) is 26.0 Å². The molecule has 2 aromatic rings. The first-order valence-electron chi connectivity index (χ1n) is 6.65. The maximum absolute atomic E-state index is 12.5. The normalized spacial score (nSPS) is 11.9. The summed E-state index contributed by atoms with van der Waals surface area (Å²) < 4.78 is 27.5. The maximum Gasteiger partial charge on any atom is 0.263 e. The highest BCUT2D eigenvalue weighted by molar-refractivity contribution is 7.93. The van der Waals surface area contributed by atoms with Crippen LogP contribution in [0.5, 0.6) is 0 Å². The van der Waals surface area contributed by atoms with E-state index < -0.39 is 10.0 Å². The fraction of sp³-hybridized carbons (Fsp3) is 0.333. The monoisotopic (exact) mass is 325 g/mol. The van der Waals surface area contributed by atoms with Crippen molar-refractivity contribution >= 4 is 27.0 Å². The van der Waals surface area contributed by atoms with Crippen molar-refractivity contribution in [3.63, 3.8) is 0 Å². The summed E-state index contributed by atoms with van der Waals surface area (Å²) in [6, 6.07) is 7.34. The molecular formula is C15H19NO3S2. The van der Waals surface area contributed by atoms with Gasteiger partial charge in [-0.05, 0) is 41.5 Å². The number of hydrogen-bond donors (Lipinski definition) is 2. The molecule has 21 heavy (non-hydrogen) atoms. The van der Waals surface area contributed by atoms with Crippen molar-refractivity contribution < 1.29 is 13.5 Å². The van der Waals surface area contributed by atoms with Crippen molar-refractivity contribution in [2.24, 2.45) is 0 Å². The molecule has 114 valence electrons. The molecule has 1 aromatic carbocycles. The third kappa shape index (κ3) is 3.45. The van der Waals surface area contributed by atoms with Crippen LogP contribution in [0.4, 0.5) is 5.69 Å². The number of aryl methyl sites for hydroxylation is 1. The zero-order valence-corrected chi connectivity index (χ0v) is 13.9. The van der Waals surface area contributed by atoms with Crippen LogP contribution in [0.25, 0.3) is 0 Å². The van der Waals surface area contributed by atoms with Crippen LogP contribution in [0.1, 0.15) is 35.8 Å². The Kier molecular flexibility index (Phi) is 4.70. The van der Waals surface area contributed by atoms with Gasteiger partial charge in [0.1, 0.15) is 4.90 Å². The number of aliphatic hydroxyl groups is 1. The Labute approximate surface area is 129 Å². The molecule has 4 nitrogen and oxygen atoms in total. The Bertz CT molecular complexity index is 716. The summed E-state index contributed by atoms with van der Waals surface area (Å²) in [5.41, 5.74) is 2.32. The zero-order valence-electron chi connectivity index (χ0n) is 12.3. The Balaban J connectivity index is 2.31. The molecular weight excluding hydrogens is 306 g/mol. The largest absolute Gasteiger partial charge is 0.391 e. The van der Waals surface area contributed by atoms with Crippen LogP contribution >= 0.6 is 11.3 Å². The molecule has 0 aliphatic heterocycles. The molecule has 1 heterocycles. The van der Waals surface area contributed by atoms with Gasteiger partial charge in [0.2, 0.25) is 0 Å². The summed E-state index contributed by atoms with van der Waals surface area (Å²) in [5, 5.41) is 11.0. The highest BCUT2D eigenvalue weighted by atomic mass is 32.2. The molecule has 0 spiro atoms. The molecule has 0 fully saturated rings. The van der Waals surface area contributed by atoms with E-state index in [2.05, 4.69) is 18.6 Å². The lowest BCUT2D eigenvalue weighted by molar-refractivity contribution is 0.282. The Hall–Kier alpha value is -1.37. The van der Waals surface area contributed by atoms with E-state index in [1.807, 2.05) is 12.1 Å². The number of aliphatic hydroxyl groups excluding tert-OH is 1. The van der Waals surface area contributed by atoms with Gasteiger partial charge in [0.25, 0.3) is 10.0 Å². The van der Waals surface area contributed by atoms with Crippen LogP contribution < -0.4 is 4.72 Å². The average Bonchev–Trinajstić information content (AvgIpc) is 2.80. The fourth-order valence-corrected chi connectivity index (χ4v) is 4.82. The van der Waals surface area contributed by atoms with Crippen LogP contribution in [0.2, 0.25) is 0 Å². The van der Waals surface area contributed by atoms with Gasteiger partial charge in [-0.2, -0.15) is 0 Å². The summed E-state index contributed by atoms with van der Waals surface area (Å²) >= 11 is 1.25. The van der Waals surface area contributed by atoms with Gasteiger partial charge in [0.05, 0.1) is 11.5 Å². The summed E-state index contributed by atoms with van der Waals surface area (Å²) in [7, 11) is -3.68. The average molecular weight is 325 g/mol. The first-order valence-corrected chi connectivity index (χ1v) is 9.02. The first-order chi connectivity index (χ1) is 9.85. The molecule has 0 unspecified atom stereocenters. The summed E-state index contributed by atoms with van der Waals surface area (Å²) in [5.74, 6) is 0.399.